The van der Waals surface area contributed by atoms with Crippen LogP contribution in [0.5, 0.6) is 0 Å². The van der Waals surface area contributed by atoms with Crippen LogP contribution in [-0.2, 0) is 0 Å². The highest BCUT2D eigenvalue weighted by molar-refractivity contribution is 9.10. The third kappa shape index (κ3) is 1.99. The monoisotopic (exact) mass is 305 g/mol. The van der Waals surface area contributed by atoms with Gasteiger partial charge >= 0.3 is 0 Å². The first-order valence-corrected chi connectivity index (χ1v) is 6.68. The topological polar surface area (TPSA) is 58.6 Å². The highest BCUT2D eigenvalue weighted by Gasteiger charge is 2.29. The number of halogens is 1. The number of aromatic amines is 1. The van der Waals surface area contributed by atoms with Crippen molar-refractivity contribution in [2.45, 2.75) is 25.7 Å². The molecule has 0 aromatic carbocycles. The van der Waals surface area contributed by atoms with E-state index in [0.717, 1.165) is 29.8 Å². The zero-order valence-electron chi connectivity index (χ0n) is 9.90. The second-order valence-electron chi connectivity index (χ2n) is 4.56. The maximum atomic E-state index is 11.9. The fourth-order valence-corrected chi connectivity index (χ4v) is 2.46. The number of H-pyrrole nitrogens is 1. The first kappa shape index (κ1) is 11.6. The van der Waals surface area contributed by atoms with Crippen LogP contribution in [0.25, 0.3) is 11.5 Å². The molecule has 0 bridgehead atoms. The Balaban J connectivity index is 2.19. The first-order valence-electron chi connectivity index (χ1n) is 5.88. The predicted molar refractivity (Wildman–Crippen MR) is 72.5 cm³/mol. The van der Waals surface area contributed by atoms with E-state index < -0.39 is 0 Å². The summed E-state index contributed by atoms with van der Waals surface area (Å²) in [5.74, 6) is 0.979. The van der Waals surface area contributed by atoms with Gasteiger partial charge in [0.1, 0.15) is 10.2 Å². The molecule has 1 N–H and O–H groups in total. The van der Waals surface area contributed by atoms with Gasteiger partial charge in [0.15, 0.2) is 5.82 Å². The summed E-state index contributed by atoms with van der Waals surface area (Å²) >= 11 is 3.32. The molecule has 2 aromatic heterocycles. The number of nitrogens with one attached hydrogen (secondary N) is 1. The van der Waals surface area contributed by atoms with E-state index in [4.69, 9.17) is 0 Å². The van der Waals surface area contributed by atoms with Gasteiger partial charge in [-0.25, -0.2) is 4.98 Å². The van der Waals surface area contributed by atoms with Gasteiger partial charge in [-0.05, 0) is 47.3 Å². The van der Waals surface area contributed by atoms with Gasteiger partial charge in [-0.1, -0.05) is 6.07 Å². The molecule has 0 amide bonds. The normalized spacial score (nSPS) is 14.8. The van der Waals surface area contributed by atoms with Gasteiger partial charge < -0.3 is 4.98 Å². The fourth-order valence-electron chi connectivity index (χ4n) is 1.95. The predicted octanol–water partition coefficient (Wildman–Crippen LogP) is 2.78. The summed E-state index contributed by atoms with van der Waals surface area (Å²) < 4.78 is 0.558. The molecule has 0 saturated heterocycles. The van der Waals surface area contributed by atoms with Gasteiger partial charge in [-0.3, -0.25) is 9.78 Å². The number of rotatable bonds is 2. The lowest BCUT2D eigenvalue weighted by molar-refractivity contribution is 0.952. The molecule has 0 spiro atoms. The molecule has 0 unspecified atom stereocenters. The van der Waals surface area contributed by atoms with Crippen LogP contribution in [-0.4, -0.2) is 15.0 Å². The van der Waals surface area contributed by atoms with Gasteiger partial charge in [-0.15, -0.1) is 0 Å². The van der Waals surface area contributed by atoms with Gasteiger partial charge in [0.25, 0.3) is 5.56 Å². The SMILES string of the molecule is Cc1cccnc1-c1nc(C2CC2)c(Br)c(=O)[nH]1. The van der Waals surface area contributed by atoms with Crippen LogP contribution in [0.1, 0.15) is 30.0 Å². The number of pyridine rings is 1. The number of nitrogens with zero attached hydrogens (tertiary/aromatic N) is 2. The summed E-state index contributed by atoms with van der Waals surface area (Å²) in [4.78, 5) is 23.5. The highest BCUT2D eigenvalue weighted by Crippen LogP contribution is 2.41. The van der Waals surface area contributed by atoms with E-state index in [2.05, 4.69) is 30.9 Å². The van der Waals surface area contributed by atoms with E-state index in [-0.39, 0.29) is 5.56 Å². The number of aryl methyl sites for hydroxylation is 1. The zero-order valence-corrected chi connectivity index (χ0v) is 11.5. The molecule has 0 aliphatic heterocycles. The second kappa shape index (κ2) is 4.31. The molecule has 5 heteroatoms. The summed E-state index contributed by atoms with van der Waals surface area (Å²) in [6, 6.07) is 3.83. The quantitative estimate of drug-likeness (QED) is 0.928. The van der Waals surface area contributed by atoms with Gasteiger partial charge in [0.2, 0.25) is 0 Å². The Kier molecular flexibility index (Phi) is 2.78. The van der Waals surface area contributed by atoms with Crippen LogP contribution < -0.4 is 5.56 Å². The lowest BCUT2D eigenvalue weighted by Gasteiger charge is -2.07. The summed E-state index contributed by atoms with van der Waals surface area (Å²) in [5, 5.41) is 0. The molecule has 4 nitrogen and oxygen atoms in total. The van der Waals surface area contributed by atoms with E-state index in [1.807, 2.05) is 19.1 Å². The molecule has 18 heavy (non-hydrogen) atoms. The van der Waals surface area contributed by atoms with Gasteiger partial charge in [0, 0.05) is 12.1 Å². The van der Waals surface area contributed by atoms with Crippen LogP contribution in [0.4, 0.5) is 0 Å². The summed E-state index contributed by atoms with van der Waals surface area (Å²) in [5.41, 5.74) is 2.47. The Hall–Kier alpha value is -1.49. The summed E-state index contributed by atoms with van der Waals surface area (Å²) in [6.07, 6.45) is 3.92. The van der Waals surface area contributed by atoms with Crippen molar-refractivity contribution in [2.75, 3.05) is 0 Å². The van der Waals surface area contributed by atoms with Crippen molar-refractivity contribution in [3.8, 4) is 11.5 Å². The van der Waals surface area contributed by atoms with Crippen molar-refractivity contribution < 1.29 is 0 Å². The van der Waals surface area contributed by atoms with Crippen molar-refractivity contribution in [1.82, 2.24) is 15.0 Å². The van der Waals surface area contributed by atoms with E-state index in [1.54, 1.807) is 6.20 Å². The Bertz CT molecular complexity index is 662. The molecule has 1 saturated carbocycles. The lowest BCUT2D eigenvalue weighted by atomic mass is 10.2. The molecular weight excluding hydrogens is 294 g/mol. The van der Waals surface area contributed by atoms with Crippen LogP contribution in [0.15, 0.2) is 27.6 Å². The standard InChI is InChI=1S/C13H12BrN3O/c1-7-3-2-6-15-10(7)12-16-11(8-4-5-8)9(14)13(18)17-12/h2-3,6,8H,4-5H2,1H3,(H,16,17,18). The maximum absolute atomic E-state index is 11.9. The Morgan fingerprint density at radius 1 is 1.44 bits per heavy atom. The van der Waals surface area contributed by atoms with Crippen molar-refractivity contribution in [3.05, 3.63) is 44.4 Å². The number of hydrogen-bond acceptors (Lipinski definition) is 3. The fraction of sp³-hybridized carbons (Fsp3) is 0.308. The molecule has 1 aliphatic rings. The molecule has 1 fully saturated rings. The molecule has 2 aromatic rings. The van der Waals surface area contributed by atoms with Crippen LogP contribution in [0, 0.1) is 6.92 Å². The third-order valence-electron chi connectivity index (χ3n) is 3.09. The zero-order chi connectivity index (χ0) is 12.7. The van der Waals surface area contributed by atoms with Crippen molar-refractivity contribution >= 4 is 15.9 Å². The summed E-state index contributed by atoms with van der Waals surface area (Å²) in [7, 11) is 0. The van der Waals surface area contributed by atoms with Crippen molar-refractivity contribution in [2.24, 2.45) is 0 Å². The maximum Gasteiger partial charge on any atom is 0.265 e. The Morgan fingerprint density at radius 3 is 2.89 bits per heavy atom. The smallest absolute Gasteiger partial charge is 0.265 e. The minimum absolute atomic E-state index is 0.132. The lowest BCUT2D eigenvalue weighted by Crippen LogP contribution is -2.14. The molecular formula is C13H12BrN3O. The molecule has 3 rings (SSSR count). The minimum atomic E-state index is -0.132. The molecule has 92 valence electrons. The van der Waals surface area contributed by atoms with Crippen LogP contribution >= 0.6 is 15.9 Å². The largest absolute Gasteiger partial charge is 0.304 e. The third-order valence-corrected chi connectivity index (χ3v) is 3.85. The average Bonchev–Trinajstić information content (AvgIpc) is 3.17. The number of hydrogen-bond donors (Lipinski definition) is 1. The van der Waals surface area contributed by atoms with E-state index >= 15 is 0 Å². The van der Waals surface area contributed by atoms with E-state index in [1.165, 1.54) is 0 Å². The van der Waals surface area contributed by atoms with Crippen LogP contribution in [0.2, 0.25) is 0 Å². The Labute approximate surface area is 113 Å². The molecule has 0 radical (unpaired) electrons. The minimum Gasteiger partial charge on any atom is -0.304 e. The average molecular weight is 306 g/mol. The second-order valence-corrected chi connectivity index (χ2v) is 5.35. The summed E-state index contributed by atoms with van der Waals surface area (Å²) in [6.45, 7) is 1.96. The van der Waals surface area contributed by atoms with E-state index in [0.29, 0.717) is 16.2 Å². The van der Waals surface area contributed by atoms with Crippen molar-refractivity contribution in [3.63, 3.8) is 0 Å². The van der Waals surface area contributed by atoms with E-state index in [9.17, 15) is 4.79 Å². The molecule has 0 atom stereocenters. The highest BCUT2D eigenvalue weighted by atomic mass is 79.9. The Morgan fingerprint density at radius 2 is 2.22 bits per heavy atom. The number of aromatic nitrogens is 3. The molecule has 2 heterocycles. The van der Waals surface area contributed by atoms with Gasteiger partial charge in [-0.2, -0.15) is 0 Å². The van der Waals surface area contributed by atoms with Gasteiger partial charge in [0.05, 0.1) is 5.69 Å². The van der Waals surface area contributed by atoms with Crippen LogP contribution in [0.3, 0.4) is 0 Å². The van der Waals surface area contributed by atoms with Crippen molar-refractivity contribution in [1.29, 1.82) is 0 Å². The first-order chi connectivity index (χ1) is 8.66. The molecule has 1 aliphatic carbocycles.